The molecule has 2 heterocycles. The van der Waals surface area contributed by atoms with Gasteiger partial charge in [0.2, 0.25) is 5.91 Å². The first-order valence-corrected chi connectivity index (χ1v) is 11.4. The van der Waals surface area contributed by atoms with Crippen molar-refractivity contribution in [2.45, 2.75) is 50.4 Å². The number of nitrogens with zero attached hydrogens (tertiary/aromatic N) is 1. The summed E-state index contributed by atoms with van der Waals surface area (Å²) in [5.74, 6) is 2.48. The summed E-state index contributed by atoms with van der Waals surface area (Å²) in [5.41, 5.74) is 2.54. The van der Waals surface area contributed by atoms with E-state index in [2.05, 4.69) is 34.5 Å². The largest absolute Gasteiger partial charge is 0.497 e. The fourth-order valence-corrected chi connectivity index (χ4v) is 5.66. The van der Waals surface area contributed by atoms with E-state index in [4.69, 9.17) is 14.2 Å². The maximum atomic E-state index is 12.8. The zero-order valence-electron chi connectivity index (χ0n) is 18.7. The van der Waals surface area contributed by atoms with E-state index in [1.54, 1.807) is 21.3 Å². The highest BCUT2D eigenvalue weighted by molar-refractivity contribution is 6.12. The molecule has 0 radical (unpaired) electrons. The molecule has 6 nitrogen and oxygen atoms in total. The highest BCUT2D eigenvalue weighted by Crippen LogP contribution is 2.48. The fourth-order valence-electron chi connectivity index (χ4n) is 5.66. The first-order chi connectivity index (χ1) is 15.6. The zero-order chi connectivity index (χ0) is 22.0. The van der Waals surface area contributed by atoms with Crippen LogP contribution in [0, 0.1) is 0 Å². The van der Waals surface area contributed by atoms with Crippen LogP contribution in [0.4, 0.5) is 0 Å². The summed E-state index contributed by atoms with van der Waals surface area (Å²) in [4.78, 5) is 14.9. The molecule has 1 saturated heterocycles. The Morgan fingerprint density at radius 3 is 2.28 bits per heavy atom. The molecule has 1 aliphatic carbocycles. The third-order valence-electron chi connectivity index (χ3n) is 7.37. The van der Waals surface area contributed by atoms with Gasteiger partial charge in [-0.2, -0.15) is 0 Å². The molecule has 0 aromatic heterocycles. The topological polar surface area (TPSA) is 60.0 Å². The lowest BCUT2D eigenvalue weighted by molar-refractivity contribution is -0.130. The number of fused-ring (bicyclic) bond motifs is 7. The van der Waals surface area contributed by atoms with Crippen LogP contribution in [0.5, 0.6) is 17.2 Å². The smallest absolute Gasteiger partial charge is 0.223 e. The van der Waals surface area contributed by atoms with Gasteiger partial charge in [0.05, 0.1) is 33.4 Å². The number of ether oxygens (including phenoxy) is 3. The third-order valence-corrected chi connectivity index (χ3v) is 7.37. The Morgan fingerprint density at radius 1 is 0.875 bits per heavy atom. The van der Waals surface area contributed by atoms with Gasteiger partial charge < -0.3 is 24.4 Å². The van der Waals surface area contributed by atoms with Gasteiger partial charge in [-0.25, -0.2) is 0 Å². The second kappa shape index (κ2) is 7.27. The van der Waals surface area contributed by atoms with E-state index in [0.29, 0.717) is 30.5 Å². The van der Waals surface area contributed by atoms with Gasteiger partial charge in [-0.05, 0) is 76.2 Å². The van der Waals surface area contributed by atoms with Gasteiger partial charge in [0.25, 0.3) is 0 Å². The minimum Gasteiger partial charge on any atom is -0.497 e. The lowest BCUT2D eigenvalue weighted by Crippen LogP contribution is -2.47. The number of benzene rings is 3. The summed E-state index contributed by atoms with van der Waals surface area (Å²) in [6.07, 6.45) is 3.94. The average Bonchev–Trinajstić information content (AvgIpc) is 3.58. The van der Waals surface area contributed by atoms with Crippen molar-refractivity contribution >= 4 is 27.5 Å². The van der Waals surface area contributed by atoms with Crippen LogP contribution in [0.2, 0.25) is 0 Å². The van der Waals surface area contributed by atoms with Gasteiger partial charge in [-0.3, -0.25) is 4.79 Å². The van der Waals surface area contributed by atoms with Crippen molar-refractivity contribution in [3.63, 3.8) is 0 Å². The van der Waals surface area contributed by atoms with Gasteiger partial charge in [0.15, 0.2) is 11.5 Å². The molecule has 32 heavy (non-hydrogen) atoms. The first-order valence-electron chi connectivity index (χ1n) is 11.4. The number of amides is 1. The van der Waals surface area contributed by atoms with Gasteiger partial charge in [-0.1, -0.05) is 6.07 Å². The Labute approximate surface area is 187 Å². The molecule has 2 atom stereocenters. The van der Waals surface area contributed by atoms with Crippen molar-refractivity contribution in [2.24, 2.45) is 0 Å². The second-order valence-electron chi connectivity index (χ2n) is 9.10. The Morgan fingerprint density at radius 2 is 1.59 bits per heavy atom. The van der Waals surface area contributed by atoms with Crippen LogP contribution in [0.3, 0.4) is 0 Å². The van der Waals surface area contributed by atoms with E-state index in [1.165, 1.54) is 29.4 Å². The average molecular weight is 433 g/mol. The molecule has 3 aliphatic rings. The number of rotatable bonds is 5. The molecule has 6 heteroatoms. The predicted molar refractivity (Wildman–Crippen MR) is 124 cm³/mol. The minimum atomic E-state index is 0.131. The van der Waals surface area contributed by atoms with Crippen LogP contribution in [0.1, 0.15) is 42.9 Å². The summed E-state index contributed by atoms with van der Waals surface area (Å²) in [5, 5.41) is 8.45. The van der Waals surface area contributed by atoms with Crippen LogP contribution < -0.4 is 19.5 Å². The predicted octanol–water partition coefficient (Wildman–Crippen LogP) is 4.32. The number of methoxy groups -OCH3 is 3. The summed E-state index contributed by atoms with van der Waals surface area (Å²) < 4.78 is 16.9. The minimum absolute atomic E-state index is 0.131. The molecule has 2 fully saturated rings. The number of nitrogens with one attached hydrogen (secondary N) is 1. The maximum absolute atomic E-state index is 12.8. The van der Waals surface area contributed by atoms with E-state index in [-0.39, 0.29) is 18.0 Å². The molecule has 3 aromatic rings. The van der Waals surface area contributed by atoms with Gasteiger partial charge >= 0.3 is 0 Å². The molecular formula is C26H28N2O4. The fraction of sp³-hybridized carbons (Fsp3) is 0.423. The van der Waals surface area contributed by atoms with Crippen molar-refractivity contribution in [1.29, 1.82) is 0 Å². The van der Waals surface area contributed by atoms with Crippen molar-refractivity contribution in [3.05, 3.63) is 41.5 Å². The summed E-state index contributed by atoms with van der Waals surface area (Å²) in [7, 11) is 5.02. The van der Waals surface area contributed by atoms with Crippen molar-refractivity contribution < 1.29 is 19.0 Å². The highest BCUT2D eigenvalue weighted by Gasteiger charge is 2.44. The SMILES string of the molecule is COc1ccc2c3c(c4cc(OC)c(OC)cc4c2c1)CN1C(=O)CC[C@H]1[C@H]3NC1CC1. The van der Waals surface area contributed by atoms with Crippen molar-refractivity contribution in [1.82, 2.24) is 10.2 Å². The molecule has 3 aromatic carbocycles. The third kappa shape index (κ3) is 2.85. The molecule has 0 spiro atoms. The van der Waals surface area contributed by atoms with E-state index >= 15 is 0 Å². The Hall–Kier alpha value is -2.99. The van der Waals surface area contributed by atoms with Crippen molar-refractivity contribution in [3.8, 4) is 17.2 Å². The molecule has 0 bridgehead atoms. The van der Waals surface area contributed by atoms with E-state index in [0.717, 1.165) is 28.3 Å². The standard InChI is InChI=1S/C26H28N2O4/c1-30-15-6-7-16-17(10-15)18-11-22(31-2)23(32-3)12-19(18)20-13-28-21(8-9-24(28)29)26(25(16)20)27-14-4-5-14/h6-7,10-12,14,21,26-27H,4-5,8-9,13H2,1-3H3/t21-,26+/m0/s1. The van der Waals surface area contributed by atoms with Gasteiger partial charge in [0.1, 0.15) is 5.75 Å². The van der Waals surface area contributed by atoms with Crippen LogP contribution in [-0.2, 0) is 11.3 Å². The summed E-state index contributed by atoms with van der Waals surface area (Å²) >= 11 is 0. The molecular weight excluding hydrogens is 404 g/mol. The second-order valence-corrected chi connectivity index (χ2v) is 9.10. The van der Waals surface area contributed by atoms with E-state index in [9.17, 15) is 4.79 Å². The van der Waals surface area contributed by atoms with E-state index in [1.807, 2.05) is 6.07 Å². The summed E-state index contributed by atoms with van der Waals surface area (Å²) in [6.45, 7) is 0.635. The molecule has 1 saturated carbocycles. The quantitative estimate of drug-likeness (QED) is 0.609. The molecule has 6 rings (SSSR count). The highest BCUT2D eigenvalue weighted by atomic mass is 16.5. The molecule has 1 amide bonds. The summed E-state index contributed by atoms with van der Waals surface area (Å²) in [6, 6.07) is 11.3. The van der Waals surface area contributed by atoms with Crippen LogP contribution in [0.25, 0.3) is 21.5 Å². The van der Waals surface area contributed by atoms with Gasteiger partial charge in [-0.15, -0.1) is 0 Å². The lowest BCUT2D eigenvalue weighted by atomic mass is 9.82. The molecule has 1 N–H and O–H groups in total. The maximum Gasteiger partial charge on any atom is 0.223 e. The number of hydrogen-bond donors (Lipinski definition) is 1. The molecule has 0 unspecified atom stereocenters. The van der Waals surface area contributed by atoms with Crippen LogP contribution in [0.15, 0.2) is 30.3 Å². The lowest BCUT2D eigenvalue weighted by Gasteiger charge is -2.40. The Balaban J connectivity index is 1.71. The van der Waals surface area contributed by atoms with Crippen LogP contribution in [-0.4, -0.2) is 44.2 Å². The van der Waals surface area contributed by atoms with Gasteiger partial charge in [0, 0.05) is 19.0 Å². The van der Waals surface area contributed by atoms with Crippen LogP contribution >= 0.6 is 0 Å². The number of carbonyl (C=O) groups is 1. The molecule has 2 aliphatic heterocycles. The number of carbonyl (C=O) groups excluding carboxylic acids is 1. The first kappa shape index (κ1) is 19.7. The van der Waals surface area contributed by atoms with Crippen molar-refractivity contribution in [2.75, 3.05) is 21.3 Å². The molecule has 166 valence electrons. The normalized spacial score (nSPS) is 22.2. The Kier molecular flexibility index (Phi) is 4.47. The van der Waals surface area contributed by atoms with E-state index < -0.39 is 0 Å². The zero-order valence-corrected chi connectivity index (χ0v) is 18.7. The monoisotopic (exact) mass is 432 g/mol. The number of hydrogen-bond acceptors (Lipinski definition) is 5. The Bertz CT molecular complexity index is 1250.